The molecule has 0 aliphatic heterocycles. The Labute approximate surface area is 150 Å². The first-order chi connectivity index (χ1) is 12.2. The molecule has 0 aromatic heterocycles. The number of benzene rings is 2. The lowest BCUT2D eigenvalue weighted by Crippen LogP contribution is -2.44. The first-order valence-electron chi connectivity index (χ1n) is 8.82. The number of rotatable bonds is 10. The number of amides is 1. The van der Waals surface area contributed by atoms with Crippen molar-refractivity contribution in [1.82, 2.24) is 4.90 Å². The molecule has 4 nitrogen and oxygen atoms in total. The topological polar surface area (TPSA) is 55.6 Å². The van der Waals surface area contributed by atoms with E-state index in [-0.39, 0.29) is 5.91 Å². The van der Waals surface area contributed by atoms with Gasteiger partial charge in [0.2, 0.25) is 5.91 Å². The molecule has 0 aliphatic carbocycles. The highest BCUT2D eigenvalue weighted by atomic mass is 16.5. The molecule has 0 saturated heterocycles. The van der Waals surface area contributed by atoms with Crippen LogP contribution in [0.4, 0.5) is 0 Å². The van der Waals surface area contributed by atoms with Crippen molar-refractivity contribution >= 4 is 5.91 Å². The molecule has 2 aromatic rings. The van der Waals surface area contributed by atoms with E-state index in [0.29, 0.717) is 26.1 Å². The van der Waals surface area contributed by atoms with Gasteiger partial charge in [0.1, 0.15) is 0 Å². The van der Waals surface area contributed by atoms with E-state index in [1.807, 2.05) is 53.4 Å². The summed E-state index contributed by atoms with van der Waals surface area (Å²) in [7, 11) is 1.66. The van der Waals surface area contributed by atoms with Crippen LogP contribution in [0.1, 0.15) is 24.0 Å². The monoisotopic (exact) mass is 340 g/mol. The Balaban J connectivity index is 2.01. The zero-order chi connectivity index (χ0) is 17.9. The maximum Gasteiger partial charge on any atom is 0.239 e. The van der Waals surface area contributed by atoms with Gasteiger partial charge in [-0.05, 0) is 30.4 Å². The van der Waals surface area contributed by atoms with Crippen LogP contribution in [-0.2, 0) is 22.5 Å². The van der Waals surface area contributed by atoms with Crippen LogP contribution >= 0.6 is 0 Å². The van der Waals surface area contributed by atoms with Gasteiger partial charge in [0.05, 0.1) is 6.04 Å². The summed E-state index contributed by atoms with van der Waals surface area (Å²) in [6, 6.07) is 19.8. The van der Waals surface area contributed by atoms with Gasteiger partial charge >= 0.3 is 0 Å². The van der Waals surface area contributed by atoms with E-state index in [9.17, 15) is 4.79 Å². The highest BCUT2D eigenvalue weighted by molar-refractivity contribution is 5.81. The molecule has 134 valence electrons. The number of hydrogen-bond donors (Lipinski definition) is 1. The van der Waals surface area contributed by atoms with Crippen molar-refractivity contribution in [2.75, 3.05) is 20.3 Å². The molecule has 0 heterocycles. The Kier molecular flexibility index (Phi) is 8.16. The van der Waals surface area contributed by atoms with Crippen LogP contribution in [0.25, 0.3) is 0 Å². The summed E-state index contributed by atoms with van der Waals surface area (Å²) < 4.78 is 5.05. The van der Waals surface area contributed by atoms with Crippen molar-refractivity contribution in [3.05, 3.63) is 71.8 Å². The van der Waals surface area contributed by atoms with Crippen molar-refractivity contribution in [1.29, 1.82) is 0 Å². The van der Waals surface area contributed by atoms with E-state index in [1.54, 1.807) is 7.11 Å². The second kappa shape index (κ2) is 10.6. The third-order valence-corrected chi connectivity index (χ3v) is 4.22. The number of ether oxygens (including phenoxy) is 1. The quantitative estimate of drug-likeness (QED) is 0.677. The molecule has 25 heavy (non-hydrogen) atoms. The molecule has 1 atom stereocenters. The van der Waals surface area contributed by atoms with Gasteiger partial charge in [-0.1, -0.05) is 60.7 Å². The van der Waals surface area contributed by atoms with Crippen LogP contribution in [0.3, 0.4) is 0 Å². The van der Waals surface area contributed by atoms with E-state index >= 15 is 0 Å². The fourth-order valence-electron chi connectivity index (χ4n) is 2.79. The Morgan fingerprint density at radius 1 is 1.04 bits per heavy atom. The van der Waals surface area contributed by atoms with Crippen LogP contribution in [0.5, 0.6) is 0 Å². The molecule has 4 heteroatoms. The minimum atomic E-state index is -0.477. The summed E-state index contributed by atoms with van der Waals surface area (Å²) in [5.41, 5.74) is 8.48. The standard InChI is InChI=1S/C21H28N2O2/c1-25-16-8-13-20(22)21(24)23(17-19-11-6-3-7-12-19)15-14-18-9-4-2-5-10-18/h2-7,9-12,20H,8,13-17,22H2,1H3. The molecule has 2 aromatic carbocycles. The first kappa shape index (κ1) is 19.2. The summed E-state index contributed by atoms with van der Waals surface area (Å²) in [5.74, 6) is 0.0101. The fraction of sp³-hybridized carbons (Fsp3) is 0.381. The highest BCUT2D eigenvalue weighted by Crippen LogP contribution is 2.10. The lowest BCUT2D eigenvalue weighted by Gasteiger charge is -2.26. The number of hydrogen-bond acceptors (Lipinski definition) is 3. The Bertz CT molecular complexity index is 616. The second-order valence-electron chi connectivity index (χ2n) is 6.22. The van der Waals surface area contributed by atoms with E-state index in [1.165, 1.54) is 5.56 Å². The van der Waals surface area contributed by atoms with Crippen molar-refractivity contribution in [2.45, 2.75) is 31.8 Å². The van der Waals surface area contributed by atoms with Crippen LogP contribution in [0.15, 0.2) is 60.7 Å². The molecule has 2 N–H and O–H groups in total. The van der Waals surface area contributed by atoms with E-state index in [2.05, 4.69) is 12.1 Å². The molecule has 1 unspecified atom stereocenters. The zero-order valence-corrected chi connectivity index (χ0v) is 14.9. The van der Waals surface area contributed by atoms with Gasteiger partial charge in [-0.15, -0.1) is 0 Å². The molecular weight excluding hydrogens is 312 g/mol. The van der Waals surface area contributed by atoms with E-state index in [0.717, 1.165) is 18.4 Å². The van der Waals surface area contributed by atoms with Gasteiger partial charge in [-0.25, -0.2) is 0 Å². The number of nitrogens with two attached hydrogens (primary N) is 1. The van der Waals surface area contributed by atoms with Crippen molar-refractivity contribution in [3.63, 3.8) is 0 Å². The van der Waals surface area contributed by atoms with Crippen LogP contribution in [-0.4, -0.2) is 37.1 Å². The number of carbonyl (C=O) groups excluding carboxylic acids is 1. The van der Waals surface area contributed by atoms with Crippen LogP contribution in [0, 0.1) is 0 Å². The van der Waals surface area contributed by atoms with Gasteiger partial charge < -0.3 is 15.4 Å². The van der Waals surface area contributed by atoms with E-state index < -0.39 is 6.04 Å². The molecule has 0 radical (unpaired) electrons. The largest absolute Gasteiger partial charge is 0.385 e. The minimum Gasteiger partial charge on any atom is -0.385 e. The normalized spacial score (nSPS) is 11.9. The van der Waals surface area contributed by atoms with Gasteiger partial charge in [0.25, 0.3) is 0 Å². The first-order valence-corrected chi connectivity index (χ1v) is 8.82. The molecular formula is C21H28N2O2. The van der Waals surface area contributed by atoms with Crippen LogP contribution < -0.4 is 5.73 Å². The predicted molar refractivity (Wildman–Crippen MR) is 101 cm³/mol. The summed E-state index contributed by atoms with van der Waals surface area (Å²) in [4.78, 5) is 14.7. The van der Waals surface area contributed by atoms with Crippen molar-refractivity contribution in [2.24, 2.45) is 5.73 Å². The molecule has 0 fully saturated rings. The SMILES string of the molecule is COCCCC(N)C(=O)N(CCc1ccccc1)Cc1ccccc1. The van der Waals surface area contributed by atoms with Crippen LogP contribution in [0.2, 0.25) is 0 Å². The van der Waals surface area contributed by atoms with Crippen molar-refractivity contribution in [3.8, 4) is 0 Å². The number of carbonyl (C=O) groups is 1. The van der Waals surface area contributed by atoms with Crippen molar-refractivity contribution < 1.29 is 9.53 Å². The summed E-state index contributed by atoms with van der Waals surface area (Å²) in [5, 5.41) is 0. The third-order valence-electron chi connectivity index (χ3n) is 4.22. The Morgan fingerprint density at radius 3 is 2.24 bits per heavy atom. The average Bonchev–Trinajstić information content (AvgIpc) is 2.66. The van der Waals surface area contributed by atoms with Gasteiger partial charge in [-0.2, -0.15) is 0 Å². The molecule has 1 amide bonds. The zero-order valence-electron chi connectivity index (χ0n) is 14.9. The average molecular weight is 340 g/mol. The fourth-order valence-corrected chi connectivity index (χ4v) is 2.79. The molecule has 0 saturated carbocycles. The summed E-state index contributed by atoms with van der Waals surface area (Å²) in [6.07, 6.45) is 2.26. The smallest absolute Gasteiger partial charge is 0.239 e. The van der Waals surface area contributed by atoms with Gasteiger partial charge in [-0.3, -0.25) is 4.79 Å². The Morgan fingerprint density at radius 2 is 1.64 bits per heavy atom. The van der Waals surface area contributed by atoms with Gasteiger partial charge in [0, 0.05) is 26.8 Å². The molecule has 2 rings (SSSR count). The maximum atomic E-state index is 12.8. The summed E-state index contributed by atoms with van der Waals surface area (Å²) in [6.45, 7) is 1.88. The maximum absolute atomic E-state index is 12.8. The molecule has 0 spiro atoms. The third kappa shape index (κ3) is 6.69. The Hall–Kier alpha value is -2.17. The lowest BCUT2D eigenvalue weighted by molar-refractivity contribution is -0.133. The number of nitrogens with zero attached hydrogens (tertiary/aromatic N) is 1. The second-order valence-corrected chi connectivity index (χ2v) is 6.22. The molecule has 0 aliphatic rings. The van der Waals surface area contributed by atoms with Gasteiger partial charge in [0.15, 0.2) is 0 Å². The lowest BCUT2D eigenvalue weighted by atomic mass is 10.1. The highest BCUT2D eigenvalue weighted by Gasteiger charge is 2.20. The number of methoxy groups -OCH3 is 1. The van der Waals surface area contributed by atoms with E-state index in [4.69, 9.17) is 10.5 Å². The molecule has 0 bridgehead atoms. The summed E-state index contributed by atoms with van der Waals surface area (Å²) >= 11 is 0. The predicted octanol–water partition coefficient (Wildman–Crippen LogP) is 3.01. The minimum absolute atomic E-state index is 0.0101.